The number of carboxylic acid groups (broad SMARTS) is 1. The number of fused-ring (bicyclic) bond motifs is 1. The number of carboxylic acids is 1. The first-order valence-corrected chi connectivity index (χ1v) is 13.6. The predicted molar refractivity (Wildman–Crippen MR) is 156 cm³/mol. The maximum atomic E-state index is 13.2. The molecule has 8 heteroatoms. The molecule has 5 aromatic rings. The summed E-state index contributed by atoms with van der Waals surface area (Å²) >= 11 is 0. The molecule has 0 aliphatic heterocycles. The van der Waals surface area contributed by atoms with E-state index in [0.717, 1.165) is 44.7 Å². The van der Waals surface area contributed by atoms with E-state index in [1.165, 1.54) is 6.07 Å². The lowest BCUT2D eigenvalue weighted by molar-refractivity contribution is -0.153. The summed E-state index contributed by atoms with van der Waals surface area (Å²) < 4.78 is 44.9. The lowest BCUT2D eigenvalue weighted by atomic mass is 9.85. The first-order valence-electron chi connectivity index (χ1n) is 13.6. The van der Waals surface area contributed by atoms with E-state index in [2.05, 4.69) is 28.1 Å². The molecule has 0 radical (unpaired) electrons. The Kier molecular flexibility index (Phi) is 7.93. The van der Waals surface area contributed by atoms with Crippen LogP contribution in [0.3, 0.4) is 0 Å². The number of hydrogen-bond acceptors (Lipinski definition) is 4. The molecule has 0 unspecified atom stereocenters. The number of aliphatic carboxylic acids is 1. The van der Waals surface area contributed by atoms with Crippen LogP contribution in [-0.2, 0) is 36.0 Å². The fourth-order valence-electron chi connectivity index (χ4n) is 5.01. The van der Waals surface area contributed by atoms with E-state index in [1.807, 2.05) is 55.5 Å². The number of carbonyl (C=O) groups is 1. The van der Waals surface area contributed by atoms with Crippen LogP contribution in [0, 0.1) is 6.92 Å². The highest BCUT2D eigenvalue weighted by molar-refractivity contribution is 5.86. The van der Waals surface area contributed by atoms with Crippen molar-refractivity contribution in [2.75, 3.05) is 0 Å². The van der Waals surface area contributed by atoms with Crippen molar-refractivity contribution in [1.82, 2.24) is 9.88 Å². The van der Waals surface area contributed by atoms with E-state index in [4.69, 9.17) is 4.42 Å². The standard InChI is InChI=1S/C34H31F3N2O3/c1-22-8-11-25-6-4-5-7-29(25)30(22)21-39(20-28-14-15-31(42-28)34(35,36)37)19-23-9-12-24(13-10-23)26-16-27(18-38-17-26)33(2,3)32(40)41/h4-18H,19-21H2,1-3H3,(H,40,41). The number of rotatable bonds is 9. The van der Waals surface area contributed by atoms with Gasteiger partial charge in [-0.15, -0.1) is 0 Å². The zero-order valence-electron chi connectivity index (χ0n) is 23.6. The smallest absolute Gasteiger partial charge is 0.449 e. The topological polar surface area (TPSA) is 66.6 Å². The van der Waals surface area contributed by atoms with Crippen LogP contribution in [0.1, 0.15) is 47.6 Å². The van der Waals surface area contributed by atoms with E-state index in [-0.39, 0.29) is 12.3 Å². The molecule has 5 nitrogen and oxygen atoms in total. The number of aromatic nitrogens is 1. The fourth-order valence-corrected chi connectivity index (χ4v) is 5.01. The minimum atomic E-state index is -4.54. The number of aryl methyl sites for hydroxylation is 1. The van der Waals surface area contributed by atoms with E-state index < -0.39 is 23.3 Å². The summed E-state index contributed by atoms with van der Waals surface area (Å²) in [6.07, 6.45) is -1.28. The van der Waals surface area contributed by atoms with Crippen molar-refractivity contribution < 1.29 is 27.5 Å². The number of halogens is 3. The van der Waals surface area contributed by atoms with Crippen LogP contribution in [-0.4, -0.2) is 21.0 Å². The summed E-state index contributed by atoms with van der Waals surface area (Å²) in [4.78, 5) is 18.1. The Labute approximate surface area is 242 Å². The van der Waals surface area contributed by atoms with Crippen LogP contribution in [0.15, 0.2) is 95.7 Å². The van der Waals surface area contributed by atoms with Crippen LogP contribution < -0.4 is 0 Å². The molecule has 42 heavy (non-hydrogen) atoms. The highest BCUT2D eigenvalue weighted by atomic mass is 19.4. The SMILES string of the molecule is Cc1ccc2ccccc2c1CN(Cc1ccc(-c2cncc(C(C)(C)C(=O)O)c2)cc1)Cc1ccc(C(F)(F)F)o1. The second kappa shape index (κ2) is 11.4. The molecule has 0 atom stereocenters. The molecule has 1 N–H and O–H groups in total. The Hall–Kier alpha value is -4.43. The highest BCUT2D eigenvalue weighted by Crippen LogP contribution is 2.32. The van der Waals surface area contributed by atoms with Gasteiger partial charge in [0.2, 0.25) is 5.76 Å². The van der Waals surface area contributed by atoms with Gasteiger partial charge in [0, 0.05) is 31.0 Å². The first-order chi connectivity index (χ1) is 19.9. The van der Waals surface area contributed by atoms with Crippen LogP contribution in [0.2, 0.25) is 0 Å². The third-order valence-electron chi connectivity index (χ3n) is 7.67. The summed E-state index contributed by atoms with van der Waals surface area (Å²) in [6.45, 7) is 6.49. The van der Waals surface area contributed by atoms with Crippen molar-refractivity contribution in [3.63, 3.8) is 0 Å². The zero-order valence-corrected chi connectivity index (χ0v) is 23.6. The molecule has 0 fully saturated rings. The lowest BCUT2D eigenvalue weighted by Crippen LogP contribution is -2.28. The second-order valence-electron chi connectivity index (χ2n) is 11.1. The number of alkyl halides is 3. The number of furan rings is 1. The fraction of sp³-hybridized carbons (Fsp3) is 0.235. The quantitative estimate of drug-likeness (QED) is 0.192. The van der Waals surface area contributed by atoms with E-state index in [9.17, 15) is 23.1 Å². The van der Waals surface area contributed by atoms with Gasteiger partial charge >= 0.3 is 12.1 Å². The molecule has 0 saturated carbocycles. The molecular formula is C34H31F3N2O3. The third kappa shape index (κ3) is 6.24. The summed E-state index contributed by atoms with van der Waals surface area (Å²) in [5, 5.41) is 11.8. The van der Waals surface area contributed by atoms with Gasteiger partial charge in [0.1, 0.15) is 5.76 Å². The zero-order chi connectivity index (χ0) is 30.1. The van der Waals surface area contributed by atoms with Gasteiger partial charge in [-0.25, -0.2) is 0 Å². The number of pyridine rings is 1. The van der Waals surface area contributed by atoms with Crippen LogP contribution >= 0.6 is 0 Å². The van der Waals surface area contributed by atoms with Gasteiger partial charge in [-0.1, -0.05) is 60.7 Å². The maximum absolute atomic E-state index is 13.2. The Balaban J connectivity index is 1.43. The average Bonchev–Trinajstić information content (AvgIpc) is 3.44. The largest absolute Gasteiger partial charge is 0.481 e. The molecule has 3 aromatic carbocycles. The Morgan fingerprint density at radius 2 is 1.62 bits per heavy atom. The van der Waals surface area contributed by atoms with Crippen molar-refractivity contribution >= 4 is 16.7 Å². The molecule has 0 aliphatic carbocycles. The minimum absolute atomic E-state index is 0.191. The predicted octanol–water partition coefficient (Wildman–Crippen LogP) is 8.39. The molecule has 216 valence electrons. The Morgan fingerprint density at radius 3 is 2.31 bits per heavy atom. The minimum Gasteiger partial charge on any atom is -0.481 e. The molecule has 5 rings (SSSR count). The number of benzene rings is 3. The van der Waals surface area contributed by atoms with Gasteiger partial charge in [0.15, 0.2) is 0 Å². The Morgan fingerprint density at radius 1 is 0.881 bits per heavy atom. The van der Waals surface area contributed by atoms with Crippen molar-refractivity contribution in [1.29, 1.82) is 0 Å². The van der Waals surface area contributed by atoms with E-state index in [1.54, 1.807) is 26.2 Å². The molecule has 2 aromatic heterocycles. The summed E-state index contributed by atoms with van der Waals surface area (Å²) in [5.41, 5.74) is 4.37. The van der Waals surface area contributed by atoms with Gasteiger partial charge in [-0.2, -0.15) is 13.2 Å². The van der Waals surface area contributed by atoms with Crippen molar-refractivity contribution in [3.8, 4) is 11.1 Å². The maximum Gasteiger partial charge on any atom is 0.449 e. The van der Waals surface area contributed by atoms with Crippen LogP contribution in [0.5, 0.6) is 0 Å². The van der Waals surface area contributed by atoms with Gasteiger partial charge < -0.3 is 9.52 Å². The van der Waals surface area contributed by atoms with Gasteiger partial charge in [-0.05, 0) is 77.6 Å². The molecule has 0 aliphatic rings. The van der Waals surface area contributed by atoms with Crippen molar-refractivity contribution in [3.05, 3.63) is 125 Å². The van der Waals surface area contributed by atoms with Crippen molar-refractivity contribution in [2.24, 2.45) is 0 Å². The van der Waals surface area contributed by atoms with Gasteiger partial charge in [0.05, 0.1) is 12.0 Å². The molecule has 0 bridgehead atoms. The molecule has 0 spiro atoms. The third-order valence-corrected chi connectivity index (χ3v) is 7.67. The lowest BCUT2D eigenvalue weighted by Gasteiger charge is -2.24. The number of hydrogen-bond donors (Lipinski definition) is 1. The highest BCUT2D eigenvalue weighted by Gasteiger charge is 2.35. The van der Waals surface area contributed by atoms with Gasteiger partial charge in [0.25, 0.3) is 0 Å². The summed E-state index contributed by atoms with van der Waals surface area (Å²) in [5.74, 6) is -1.71. The van der Waals surface area contributed by atoms with Crippen LogP contribution in [0.25, 0.3) is 21.9 Å². The number of nitrogens with zero attached hydrogens (tertiary/aromatic N) is 2. The van der Waals surface area contributed by atoms with Gasteiger partial charge in [-0.3, -0.25) is 14.7 Å². The molecule has 0 amide bonds. The average molecular weight is 573 g/mol. The van der Waals surface area contributed by atoms with Crippen LogP contribution in [0.4, 0.5) is 13.2 Å². The normalized spacial score (nSPS) is 12.3. The Bertz CT molecular complexity index is 1720. The molecule has 2 heterocycles. The summed E-state index contributed by atoms with van der Waals surface area (Å²) in [7, 11) is 0. The summed E-state index contributed by atoms with van der Waals surface area (Å²) in [6, 6.07) is 24.2. The second-order valence-corrected chi connectivity index (χ2v) is 11.1. The molecular weight excluding hydrogens is 541 g/mol. The van der Waals surface area contributed by atoms with E-state index >= 15 is 0 Å². The monoisotopic (exact) mass is 572 g/mol. The van der Waals surface area contributed by atoms with Crippen molar-refractivity contribution in [2.45, 2.75) is 52.0 Å². The molecule has 0 saturated heterocycles. The first kappa shape index (κ1) is 29.1. The van der Waals surface area contributed by atoms with E-state index in [0.29, 0.717) is 18.7 Å².